The molecule has 3 heterocycles. The lowest BCUT2D eigenvalue weighted by Gasteiger charge is -2.30. The van der Waals surface area contributed by atoms with E-state index in [0.29, 0.717) is 22.7 Å². The second kappa shape index (κ2) is 5.29. The van der Waals surface area contributed by atoms with Crippen molar-refractivity contribution in [3.05, 3.63) is 28.8 Å². The van der Waals surface area contributed by atoms with E-state index in [2.05, 4.69) is 10.6 Å². The molecular formula is C18H20ClN3O3. The molecule has 132 valence electrons. The van der Waals surface area contributed by atoms with Gasteiger partial charge in [0.05, 0.1) is 11.8 Å². The molecule has 0 radical (unpaired) electrons. The molecule has 3 aliphatic rings. The third-order valence-corrected chi connectivity index (χ3v) is 6.13. The van der Waals surface area contributed by atoms with E-state index in [1.54, 1.807) is 18.2 Å². The van der Waals surface area contributed by atoms with Crippen molar-refractivity contribution in [1.82, 2.24) is 10.2 Å². The Morgan fingerprint density at radius 3 is 2.68 bits per heavy atom. The molecule has 3 aliphatic heterocycles. The van der Waals surface area contributed by atoms with Gasteiger partial charge in [0.2, 0.25) is 17.7 Å². The highest BCUT2D eigenvalue weighted by atomic mass is 35.5. The number of fused-ring (bicyclic) bond motifs is 4. The lowest BCUT2D eigenvalue weighted by Crippen LogP contribution is -2.53. The minimum absolute atomic E-state index is 0.182. The molecule has 2 fully saturated rings. The van der Waals surface area contributed by atoms with Gasteiger partial charge in [-0.25, -0.2) is 0 Å². The number of likely N-dealkylation sites (tertiary alicyclic amines) is 1. The van der Waals surface area contributed by atoms with E-state index >= 15 is 0 Å². The fraction of sp³-hybridized carbons (Fsp3) is 0.500. The molecule has 6 nitrogen and oxygen atoms in total. The van der Waals surface area contributed by atoms with Crippen molar-refractivity contribution < 1.29 is 14.4 Å². The van der Waals surface area contributed by atoms with Crippen LogP contribution >= 0.6 is 11.6 Å². The maximum Gasteiger partial charge on any atom is 0.250 e. The maximum atomic E-state index is 13.2. The summed E-state index contributed by atoms with van der Waals surface area (Å²) < 4.78 is 0. The second-order valence-electron chi connectivity index (χ2n) is 7.19. The molecule has 4 rings (SSSR count). The summed E-state index contributed by atoms with van der Waals surface area (Å²) in [6.07, 6.45) is 0.681. The van der Waals surface area contributed by atoms with Crippen molar-refractivity contribution >= 4 is 35.0 Å². The number of carbonyl (C=O) groups is 3. The smallest absolute Gasteiger partial charge is 0.250 e. The van der Waals surface area contributed by atoms with E-state index in [1.165, 1.54) is 4.90 Å². The van der Waals surface area contributed by atoms with Crippen LogP contribution in [0.1, 0.15) is 32.8 Å². The van der Waals surface area contributed by atoms with Crippen molar-refractivity contribution in [1.29, 1.82) is 0 Å². The van der Waals surface area contributed by atoms with E-state index in [1.807, 2.05) is 20.8 Å². The maximum absolute atomic E-state index is 13.2. The molecule has 5 atom stereocenters. The Bertz CT molecular complexity index is 811. The van der Waals surface area contributed by atoms with Gasteiger partial charge in [-0.05, 0) is 38.5 Å². The fourth-order valence-corrected chi connectivity index (χ4v) is 4.75. The van der Waals surface area contributed by atoms with Crippen LogP contribution in [-0.2, 0) is 19.9 Å². The number of amides is 3. The molecule has 3 amide bonds. The average Bonchev–Trinajstić information content (AvgIpc) is 3.12. The summed E-state index contributed by atoms with van der Waals surface area (Å²) in [6.45, 7) is 5.66. The van der Waals surface area contributed by atoms with E-state index in [4.69, 9.17) is 11.6 Å². The molecule has 0 aliphatic carbocycles. The van der Waals surface area contributed by atoms with Crippen LogP contribution in [0.5, 0.6) is 0 Å². The monoisotopic (exact) mass is 361 g/mol. The van der Waals surface area contributed by atoms with Crippen molar-refractivity contribution in [2.24, 2.45) is 11.8 Å². The zero-order valence-electron chi connectivity index (χ0n) is 14.3. The normalized spacial score (nSPS) is 34.5. The summed E-state index contributed by atoms with van der Waals surface area (Å²) >= 11 is 6.15. The molecule has 0 aromatic heterocycles. The van der Waals surface area contributed by atoms with Gasteiger partial charge in [0.1, 0.15) is 5.54 Å². The lowest BCUT2D eigenvalue weighted by molar-refractivity contribution is -0.145. The summed E-state index contributed by atoms with van der Waals surface area (Å²) in [5, 5.41) is 6.59. The Morgan fingerprint density at radius 1 is 1.28 bits per heavy atom. The summed E-state index contributed by atoms with van der Waals surface area (Å²) in [6, 6.07) is 4.67. The fourth-order valence-electron chi connectivity index (χ4n) is 4.58. The summed E-state index contributed by atoms with van der Waals surface area (Å²) in [7, 11) is 0. The zero-order valence-corrected chi connectivity index (χ0v) is 15.1. The summed E-state index contributed by atoms with van der Waals surface area (Å²) in [4.78, 5) is 40.4. The Balaban J connectivity index is 1.89. The number of hydrogen-bond donors (Lipinski definition) is 2. The standard InChI is InChI=1S/C18H20ClN3O3/c1-4-8(2)22-15(23)13-9(3)21-18(14(13)16(22)24)11-7-10(19)5-6-12(11)20-17(18)25/h5-9,13-14,21H,4H2,1-3H3,(H,20,25)/t8-,9-,13-,14+,18-/m1/s1. The number of anilines is 1. The highest BCUT2D eigenvalue weighted by molar-refractivity contribution is 6.31. The van der Waals surface area contributed by atoms with Crippen molar-refractivity contribution in [3.8, 4) is 0 Å². The number of nitrogens with zero attached hydrogens (tertiary/aromatic N) is 1. The minimum atomic E-state index is -1.24. The number of carbonyl (C=O) groups excluding carboxylic acids is 3. The van der Waals surface area contributed by atoms with Gasteiger partial charge in [0, 0.05) is 28.4 Å². The van der Waals surface area contributed by atoms with E-state index in [9.17, 15) is 14.4 Å². The van der Waals surface area contributed by atoms with Crippen LogP contribution in [0.15, 0.2) is 18.2 Å². The predicted octanol–water partition coefficient (Wildman–Crippen LogP) is 1.88. The third-order valence-electron chi connectivity index (χ3n) is 5.89. The minimum Gasteiger partial charge on any atom is -0.324 e. The molecule has 0 bridgehead atoms. The predicted molar refractivity (Wildman–Crippen MR) is 92.9 cm³/mol. The van der Waals surface area contributed by atoms with Crippen molar-refractivity contribution in [2.75, 3.05) is 5.32 Å². The largest absolute Gasteiger partial charge is 0.324 e. The molecule has 1 spiro atoms. The van der Waals surface area contributed by atoms with Crippen LogP contribution < -0.4 is 10.6 Å². The van der Waals surface area contributed by atoms with Crippen LogP contribution in [-0.4, -0.2) is 34.7 Å². The third kappa shape index (κ3) is 1.92. The SMILES string of the molecule is CC[C@@H](C)N1C(=O)[C@H]2[C@@H](C1=O)[C@@]1(N[C@@H]2C)C(=O)Nc2ccc(Cl)cc21. The van der Waals surface area contributed by atoms with Crippen molar-refractivity contribution in [2.45, 2.75) is 44.8 Å². The summed E-state index contributed by atoms with van der Waals surface area (Å²) in [5.41, 5.74) is 0.0488. The van der Waals surface area contributed by atoms with Gasteiger partial charge in [-0.3, -0.25) is 24.6 Å². The number of benzene rings is 1. The molecule has 0 unspecified atom stereocenters. The van der Waals surface area contributed by atoms with Crippen LogP contribution in [0.25, 0.3) is 0 Å². The van der Waals surface area contributed by atoms with Crippen LogP contribution in [0, 0.1) is 11.8 Å². The highest BCUT2D eigenvalue weighted by Crippen LogP contribution is 2.53. The first-order valence-corrected chi connectivity index (χ1v) is 8.96. The molecule has 0 saturated carbocycles. The first-order valence-electron chi connectivity index (χ1n) is 8.59. The summed E-state index contributed by atoms with van der Waals surface area (Å²) in [5.74, 6) is -2.05. The Kier molecular flexibility index (Phi) is 3.50. The molecule has 2 saturated heterocycles. The number of hydrogen-bond acceptors (Lipinski definition) is 4. The van der Waals surface area contributed by atoms with Crippen molar-refractivity contribution in [3.63, 3.8) is 0 Å². The van der Waals surface area contributed by atoms with E-state index in [0.717, 1.165) is 0 Å². The first kappa shape index (κ1) is 16.5. The van der Waals surface area contributed by atoms with Gasteiger partial charge in [-0.15, -0.1) is 0 Å². The topological polar surface area (TPSA) is 78.5 Å². The van der Waals surface area contributed by atoms with E-state index in [-0.39, 0.29) is 29.8 Å². The van der Waals surface area contributed by atoms with Gasteiger partial charge < -0.3 is 5.32 Å². The number of imide groups is 1. The molecule has 25 heavy (non-hydrogen) atoms. The Hall–Kier alpha value is -1.92. The Labute approximate surface area is 150 Å². The molecule has 1 aromatic carbocycles. The first-order chi connectivity index (χ1) is 11.8. The lowest BCUT2D eigenvalue weighted by atomic mass is 9.76. The Morgan fingerprint density at radius 2 is 2.00 bits per heavy atom. The molecule has 1 aromatic rings. The number of rotatable bonds is 2. The average molecular weight is 362 g/mol. The highest BCUT2D eigenvalue weighted by Gasteiger charge is 2.69. The molecule has 7 heteroatoms. The quantitative estimate of drug-likeness (QED) is 0.788. The zero-order chi connectivity index (χ0) is 18.1. The van der Waals surface area contributed by atoms with E-state index < -0.39 is 17.4 Å². The number of halogens is 1. The van der Waals surface area contributed by atoms with Gasteiger partial charge >= 0.3 is 0 Å². The van der Waals surface area contributed by atoms with Gasteiger partial charge in [-0.2, -0.15) is 0 Å². The number of nitrogens with one attached hydrogen (secondary N) is 2. The van der Waals surface area contributed by atoms with Crippen LogP contribution in [0.4, 0.5) is 5.69 Å². The van der Waals surface area contributed by atoms with Gasteiger partial charge in [-0.1, -0.05) is 18.5 Å². The molecule has 2 N–H and O–H groups in total. The van der Waals surface area contributed by atoms with Crippen LogP contribution in [0.2, 0.25) is 5.02 Å². The van der Waals surface area contributed by atoms with Gasteiger partial charge in [0.15, 0.2) is 0 Å². The second-order valence-corrected chi connectivity index (χ2v) is 7.63. The van der Waals surface area contributed by atoms with Gasteiger partial charge in [0.25, 0.3) is 0 Å². The van der Waals surface area contributed by atoms with Crippen LogP contribution in [0.3, 0.4) is 0 Å². The molecular weight excluding hydrogens is 342 g/mol.